The maximum Gasteiger partial charge on any atom is 0.0312 e. The zero-order valence-corrected chi connectivity index (χ0v) is 13.1. The first-order valence-electron chi connectivity index (χ1n) is 8.14. The Balaban J connectivity index is 1.66. The molecule has 0 saturated heterocycles. The first-order valence-corrected chi connectivity index (χ1v) is 8.14. The van der Waals surface area contributed by atoms with Crippen LogP contribution in [0.2, 0.25) is 0 Å². The Morgan fingerprint density at radius 3 is 2.57 bits per heavy atom. The van der Waals surface area contributed by atoms with Crippen LogP contribution in [0.3, 0.4) is 0 Å². The highest BCUT2D eigenvalue weighted by Crippen LogP contribution is 2.33. The van der Waals surface area contributed by atoms with Crippen molar-refractivity contribution in [3.63, 3.8) is 0 Å². The molecule has 2 heterocycles. The van der Waals surface area contributed by atoms with Gasteiger partial charge in [-0.3, -0.25) is 9.88 Å². The minimum atomic E-state index is 0.442. The highest BCUT2D eigenvalue weighted by atomic mass is 15.1. The van der Waals surface area contributed by atoms with Gasteiger partial charge in [-0.2, -0.15) is 0 Å². The summed E-state index contributed by atoms with van der Waals surface area (Å²) in [6, 6.07) is 23.9. The van der Waals surface area contributed by atoms with Gasteiger partial charge >= 0.3 is 0 Å². The SMILES string of the molecule is c1ccc([C@@H]2CN(Cc3cccnc3)Cc3ccccc32)cc1. The third kappa shape index (κ3) is 3.03. The molecule has 2 aromatic carbocycles. The van der Waals surface area contributed by atoms with Crippen molar-refractivity contribution in [3.05, 3.63) is 101 Å². The second-order valence-electron chi connectivity index (χ2n) is 6.19. The molecule has 0 N–H and O–H groups in total. The molecule has 2 heteroatoms. The Morgan fingerprint density at radius 1 is 0.913 bits per heavy atom. The first kappa shape index (κ1) is 14.2. The summed E-state index contributed by atoms with van der Waals surface area (Å²) < 4.78 is 0. The topological polar surface area (TPSA) is 16.1 Å². The van der Waals surface area contributed by atoms with Crippen LogP contribution in [0.1, 0.15) is 28.2 Å². The summed E-state index contributed by atoms with van der Waals surface area (Å²) in [5, 5.41) is 0. The van der Waals surface area contributed by atoms with Crippen molar-refractivity contribution in [1.82, 2.24) is 9.88 Å². The summed E-state index contributed by atoms with van der Waals surface area (Å²) in [7, 11) is 0. The van der Waals surface area contributed by atoms with Crippen LogP contribution in [0.15, 0.2) is 79.1 Å². The Morgan fingerprint density at radius 2 is 1.74 bits per heavy atom. The van der Waals surface area contributed by atoms with Crippen LogP contribution < -0.4 is 0 Å². The fourth-order valence-electron chi connectivity index (χ4n) is 3.52. The molecule has 0 saturated carbocycles. The third-order valence-electron chi connectivity index (χ3n) is 4.60. The van der Waals surface area contributed by atoms with E-state index in [0.717, 1.165) is 19.6 Å². The summed E-state index contributed by atoms with van der Waals surface area (Å²) in [4.78, 5) is 6.77. The molecule has 0 aliphatic carbocycles. The molecular weight excluding hydrogens is 280 g/mol. The molecule has 1 aliphatic heterocycles. The van der Waals surface area contributed by atoms with Crippen molar-refractivity contribution in [2.24, 2.45) is 0 Å². The number of fused-ring (bicyclic) bond motifs is 1. The lowest BCUT2D eigenvalue weighted by Crippen LogP contribution is -2.33. The van der Waals surface area contributed by atoms with Gasteiger partial charge in [-0.05, 0) is 28.3 Å². The molecule has 1 atom stereocenters. The van der Waals surface area contributed by atoms with Gasteiger partial charge in [0.15, 0.2) is 0 Å². The first-order chi connectivity index (χ1) is 11.4. The number of benzene rings is 2. The predicted octanol–water partition coefficient (Wildman–Crippen LogP) is 4.23. The van der Waals surface area contributed by atoms with E-state index >= 15 is 0 Å². The quantitative estimate of drug-likeness (QED) is 0.719. The van der Waals surface area contributed by atoms with Crippen molar-refractivity contribution in [2.45, 2.75) is 19.0 Å². The van der Waals surface area contributed by atoms with Crippen LogP contribution in [-0.4, -0.2) is 16.4 Å². The van der Waals surface area contributed by atoms with E-state index in [1.54, 1.807) is 0 Å². The molecule has 1 aliphatic rings. The molecular formula is C21H20N2. The number of hydrogen-bond acceptors (Lipinski definition) is 2. The van der Waals surface area contributed by atoms with E-state index in [0.29, 0.717) is 5.92 Å². The molecule has 2 nitrogen and oxygen atoms in total. The molecule has 0 unspecified atom stereocenters. The van der Waals surface area contributed by atoms with Crippen LogP contribution in [0.5, 0.6) is 0 Å². The van der Waals surface area contributed by atoms with Gasteiger partial charge in [0, 0.05) is 37.9 Å². The highest BCUT2D eigenvalue weighted by molar-refractivity contribution is 5.40. The molecule has 0 fully saturated rings. The van der Waals surface area contributed by atoms with Crippen LogP contribution >= 0.6 is 0 Å². The lowest BCUT2D eigenvalue weighted by Gasteiger charge is -2.35. The minimum Gasteiger partial charge on any atom is -0.294 e. The zero-order chi connectivity index (χ0) is 15.5. The monoisotopic (exact) mass is 300 g/mol. The normalized spacial score (nSPS) is 17.7. The molecule has 114 valence electrons. The minimum absolute atomic E-state index is 0.442. The van der Waals surface area contributed by atoms with Gasteiger partial charge in [0.1, 0.15) is 0 Å². The maximum absolute atomic E-state index is 4.25. The van der Waals surface area contributed by atoms with Gasteiger partial charge in [-0.1, -0.05) is 60.7 Å². The van der Waals surface area contributed by atoms with Gasteiger partial charge < -0.3 is 0 Å². The van der Waals surface area contributed by atoms with Gasteiger partial charge in [0.25, 0.3) is 0 Å². The van der Waals surface area contributed by atoms with E-state index in [1.807, 2.05) is 18.5 Å². The summed E-state index contributed by atoms with van der Waals surface area (Å²) in [5.74, 6) is 0.442. The van der Waals surface area contributed by atoms with Gasteiger partial charge in [0.05, 0.1) is 0 Å². The van der Waals surface area contributed by atoms with Crippen molar-refractivity contribution >= 4 is 0 Å². The van der Waals surface area contributed by atoms with Crippen molar-refractivity contribution in [3.8, 4) is 0 Å². The second kappa shape index (κ2) is 6.35. The smallest absolute Gasteiger partial charge is 0.0312 e. The highest BCUT2D eigenvalue weighted by Gasteiger charge is 2.26. The summed E-state index contributed by atoms with van der Waals surface area (Å²) in [5.41, 5.74) is 5.59. The zero-order valence-electron chi connectivity index (χ0n) is 13.1. The maximum atomic E-state index is 4.25. The fourth-order valence-corrected chi connectivity index (χ4v) is 3.52. The van der Waals surface area contributed by atoms with E-state index in [1.165, 1.54) is 22.3 Å². The van der Waals surface area contributed by atoms with E-state index in [4.69, 9.17) is 0 Å². The molecule has 23 heavy (non-hydrogen) atoms. The molecule has 0 radical (unpaired) electrons. The number of nitrogens with zero attached hydrogens (tertiary/aromatic N) is 2. The van der Waals surface area contributed by atoms with E-state index < -0.39 is 0 Å². The molecule has 0 amide bonds. The fraction of sp³-hybridized carbons (Fsp3) is 0.190. The van der Waals surface area contributed by atoms with Gasteiger partial charge in [-0.15, -0.1) is 0 Å². The Hall–Kier alpha value is -2.45. The van der Waals surface area contributed by atoms with Crippen molar-refractivity contribution in [2.75, 3.05) is 6.54 Å². The average molecular weight is 300 g/mol. The van der Waals surface area contributed by atoms with E-state index in [9.17, 15) is 0 Å². The predicted molar refractivity (Wildman–Crippen MR) is 93.1 cm³/mol. The number of aromatic nitrogens is 1. The van der Waals surface area contributed by atoms with Crippen molar-refractivity contribution in [1.29, 1.82) is 0 Å². The average Bonchev–Trinajstić information content (AvgIpc) is 2.63. The van der Waals surface area contributed by atoms with Crippen molar-refractivity contribution < 1.29 is 0 Å². The largest absolute Gasteiger partial charge is 0.294 e. The Labute approximate surface area is 137 Å². The van der Waals surface area contributed by atoms with Crippen LogP contribution in [-0.2, 0) is 13.1 Å². The number of rotatable bonds is 3. The molecule has 3 aromatic rings. The Bertz CT molecular complexity index is 768. The Kier molecular flexibility index (Phi) is 3.91. The lowest BCUT2D eigenvalue weighted by atomic mass is 9.84. The lowest BCUT2D eigenvalue weighted by molar-refractivity contribution is 0.232. The van der Waals surface area contributed by atoms with Gasteiger partial charge in [0.2, 0.25) is 0 Å². The van der Waals surface area contributed by atoms with Crippen LogP contribution in [0.4, 0.5) is 0 Å². The number of hydrogen-bond donors (Lipinski definition) is 0. The summed E-state index contributed by atoms with van der Waals surface area (Å²) in [6.07, 6.45) is 3.81. The molecule has 1 aromatic heterocycles. The third-order valence-corrected chi connectivity index (χ3v) is 4.60. The standard InChI is InChI=1S/C21H20N2/c1-2-8-18(9-3-1)21-16-23(14-17-7-6-12-22-13-17)15-19-10-4-5-11-20(19)21/h1-13,21H,14-16H2/t21-/m0/s1. The van der Waals surface area contributed by atoms with E-state index in [2.05, 4.69) is 70.5 Å². The molecule has 0 spiro atoms. The second-order valence-corrected chi connectivity index (χ2v) is 6.19. The molecule has 0 bridgehead atoms. The van der Waals surface area contributed by atoms with Crippen LogP contribution in [0.25, 0.3) is 0 Å². The van der Waals surface area contributed by atoms with Gasteiger partial charge in [-0.25, -0.2) is 0 Å². The molecule has 4 rings (SSSR count). The number of pyridine rings is 1. The van der Waals surface area contributed by atoms with Crippen LogP contribution in [0, 0.1) is 0 Å². The summed E-state index contributed by atoms with van der Waals surface area (Å²) >= 11 is 0. The van der Waals surface area contributed by atoms with E-state index in [-0.39, 0.29) is 0 Å². The summed E-state index contributed by atoms with van der Waals surface area (Å²) in [6.45, 7) is 3.01.